The summed E-state index contributed by atoms with van der Waals surface area (Å²) in [5, 5.41) is 33.2. The second kappa shape index (κ2) is 9.46. The summed E-state index contributed by atoms with van der Waals surface area (Å²) in [4.78, 5) is 35.5. The molecule has 0 saturated carbocycles. The van der Waals surface area contributed by atoms with Gasteiger partial charge in [0.1, 0.15) is 12.7 Å². The van der Waals surface area contributed by atoms with E-state index in [1.165, 1.54) is 0 Å². The molecule has 144 valence electrons. The van der Waals surface area contributed by atoms with Crippen molar-refractivity contribution in [2.75, 3.05) is 6.54 Å². The van der Waals surface area contributed by atoms with Crippen LogP contribution in [0.1, 0.15) is 23.7 Å². The Kier molecular flexibility index (Phi) is 7.03. The number of carbonyl (C=O) groups is 1. The highest BCUT2D eigenvalue weighted by molar-refractivity contribution is 5.67. The molecule has 1 heterocycles. The normalized spacial score (nSPS) is 12.8. The maximum Gasteiger partial charge on any atom is 0.407 e. The van der Waals surface area contributed by atoms with Crippen molar-refractivity contribution in [3.05, 3.63) is 74.2 Å². The fourth-order valence-corrected chi connectivity index (χ4v) is 2.28. The Morgan fingerprint density at radius 2 is 2.00 bits per heavy atom. The highest BCUT2D eigenvalue weighted by Gasteiger charge is 2.23. The van der Waals surface area contributed by atoms with Crippen LogP contribution in [0, 0.1) is 10.1 Å². The Morgan fingerprint density at radius 3 is 2.67 bits per heavy atom. The van der Waals surface area contributed by atoms with Gasteiger partial charge in [-0.2, -0.15) is 0 Å². The molecule has 0 fully saturated rings. The predicted octanol–water partition coefficient (Wildman–Crippen LogP) is 0.994. The van der Waals surface area contributed by atoms with Crippen LogP contribution in [0.4, 0.5) is 10.5 Å². The van der Waals surface area contributed by atoms with Gasteiger partial charge in [0, 0.05) is 12.6 Å². The molecule has 27 heavy (non-hydrogen) atoms. The lowest BCUT2D eigenvalue weighted by atomic mass is 10.0. The standard InChI is InChI=1S/C17H19N3O7/c21-14(15(22)13-8-12(20(25)26)9-19-16(13)23)6-7-18-17(24)27-10-11-4-2-1-3-5-11/h1-5,8-9,14-15,21-22H,6-7,10H2,(H,18,24)(H,19,23). The number of aliphatic hydroxyl groups excluding tert-OH is 2. The van der Waals surface area contributed by atoms with Crippen LogP contribution in [0.5, 0.6) is 0 Å². The molecule has 0 saturated heterocycles. The van der Waals surface area contributed by atoms with E-state index in [4.69, 9.17) is 4.74 Å². The lowest BCUT2D eigenvalue weighted by Gasteiger charge is -2.17. The molecule has 0 aliphatic carbocycles. The minimum absolute atomic E-state index is 0.0291. The second-order valence-corrected chi connectivity index (χ2v) is 5.69. The Hall–Kier alpha value is -3.24. The topological polar surface area (TPSA) is 155 Å². The summed E-state index contributed by atoms with van der Waals surface area (Å²) >= 11 is 0. The van der Waals surface area contributed by atoms with Gasteiger partial charge in [0.15, 0.2) is 0 Å². The largest absolute Gasteiger partial charge is 0.445 e. The van der Waals surface area contributed by atoms with E-state index < -0.39 is 34.5 Å². The highest BCUT2D eigenvalue weighted by atomic mass is 16.6. The molecule has 2 unspecified atom stereocenters. The maximum absolute atomic E-state index is 11.7. The Morgan fingerprint density at radius 1 is 1.30 bits per heavy atom. The number of nitrogens with one attached hydrogen (secondary N) is 2. The van der Waals surface area contributed by atoms with Crippen molar-refractivity contribution in [1.29, 1.82) is 0 Å². The summed E-state index contributed by atoms with van der Waals surface area (Å²) in [5.74, 6) is 0. The van der Waals surface area contributed by atoms with Crippen LogP contribution >= 0.6 is 0 Å². The van der Waals surface area contributed by atoms with Gasteiger partial charge in [0.05, 0.1) is 22.8 Å². The minimum Gasteiger partial charge on any atom is -0.445 e. The average Bonchev–Trinajstić information content (AvgIpc) is 2.66. The molecule has 0 aliphatic heterocycles. The highest BCUT2D eigenvalue weighted by Crippen LogP contribution is 2.19. The molecule has 1 aromatic heterocycles. The molecular weight excluding hydrogens is 358 g/mol. The number of alkyl carbamates (subject to hydrolysis) is 1. The molecule has 0 spiro atoms. The second-order valence-electron chi connectivity index (χ2n) is 5.69. The van der Waals surface area contributed by atoms with Crippen molar-refractivity contribution in [3.63, 3.8) is 0 Å². The molecule has 2 aromatic rings. The van der Waals surface area contributed by atoms with Gasteiger partial charge in [0.25, 0.3) is 11.2 Å². The third-order valence-corrected chi connectivity index (χ3v) is 3.73. The smallest absolute Gasteiger partial charge is 0.407 e. The van der Waals surface area contributed by atoms with Crippen molar-refractivity contribution in [3.8, 4) is 0 Å². The summed E-state index contributed by atoms with van der Waals surface area (Å²) in [6, 6.07) is 9.94. The first-order valence-electron chi connectivity index (χ1n) is 8.06. The van der Waals surface area contributed by atoms with Crippen LogP contribution in [0.25, 0.3) is 0 Å². The van der Waals surface area contributed by atoms with E-state index in [1.807, 2.05) is 18.2 Å². The summed E-state index contributed by atoms with van der Waals surface area (Å²) in [6.07, 6.45) is -2.95. The zero-order valence-electron chi connectivity index (χ0n) is 14.2. The van der Waals surface area contributed by atoms with Gasteiger partial charge in [-0.15, -0.1) is 0 Å². The van der Waals surface area contributed by atoms with Crippen molar-refractivity contribution < 1.29 is 24.7 Å². The van der Waals surface area contributed by atoms with E-state index >= 15 is 0 Å². The summed E-state index contributed by atoms with van der Waals surface area (Å²) < 4.78 is 4.99. The van der Waals surface area contributed by atoms with E-state index in [9.17, 15) is 29.9 Å². The zero-order chi connectivity index (χ0) is 19.8. The number of aromatic nitrogens is 1. The van der Waals surface area contributed by atoms with Gasteiger partial charge in [0.2, 0.25) is 0 Å². The number of benzene rings is 1. The number of aromatic amines is 1. The molecule has 10 nitrogen and oxygen atoms in total. The summed E-state index contributed by atoms with van der Waals surface area (Å²) in [5.41, 5.74) is -0.683. The average molecular weight is 377 g/mol. The number of rotatable bonds is 8. The van der Waals surface area contributed by atoms with Gasteiger partial charge in [-0.1, -0.05) is 30.3 Å². The number of pyridine rings is 1. The van der Waals surface area contributed by atoms with Crippen molar-refractivity contribution >= 4 is 11.8 Å². The molecule has 0 radical (unpaired) electrons. The van der Waals surface area contributed by atoms with Crippen LogP contribution in [0.3, 0.4) is 0 Å². The van der Waals surface area contributed by atoms with Crippen molar-refractivity contribution in [1.82, 2.24) is 10.3 Å². The van der Waals surface area contributed by atoms with Crippen LogP contribution in [0.2, 0.25) is 0 Å². The lowest BCUT2D eigenvalue weighted by molar-refractivity contribution is -0.385. The third-order valence-electron chi connectivity index (χ3n) is 3.73. The molecular formula is C17H19N3O7. The van der Waals surface area contributed by atoms with Gasteiger partial charge >= 0.3 is 6.09 Å². The minimum atomic E-state index is -1.64. The number of ether oxygens (including phenoxy) is 1. The van der Waals surface area contributed by atoms with Crippen LogP contribution in [0.15, 0.2) is 47.4 Å². The third kappa shape index (κ3) is 5.90. The molecule has 2 atom stereocenters. The predicted molar refractivity (Wildman–Crippen MR) is 93.9 cm³/mol. The molecule has 0 bridgehead atoms. The van der Waals surface area contributed by atoms with Crippen LogP contribution in [-0.4, -0.2) is 38.9 Å². The van der Waals surface area contributed by atoms with Gasteiger partial charge in [-0.3, -0.25) is 14.9 Å². The van der Waals surface area contributed by atoms with E-state index in [-0.39, 0.29) is 25.1 Å². The van der Waals surface area contributed by atoms with Crippen molar-refractivity contribution in [2.45, 2.75) is 25.2 Å². The first-order chi connectivity index (χ1) is 12.9. The monoisotopic (exact) mass is 377 g/mol. The number of aliphatic hydroxyl groups is 2. The molecule has 4 N–H and O–H groups in total. The van der Waals surface area contributed by atoms with Crippen molar-refractivity contribution in [2.24, 2.45) is 0 Å². The molecule has 10 heteroatoms. The number of nitro groups is 1. The first-order valence-corrected chi connectivity index (χ1v) is 8.06. The first kappa shape index (κ1) is 20.1. The summed E-state index contributed by atoms with van der Waals surface area (Å²) in [7, 11) is 0. The number of amides is 1. The van der Waals surface area contributed by atoms with Crippen LogP contribution in [-0.2, 0) is 11.3 Å². The quantitative estimate of drug-likeness (QED) is 0.395. The van der Waals surface area contributed by atoms with Gasteiger partial charge in [-0.05, 0) is 12.0 Å². The maximum atomic E-state index is 11.7. The number of hydrogen-bond donors (Lipinski definition) is 4. The van der Waals surface area contributed by atoms with E-state index in [2.05, 4.69) is 10.3 Å². The molecule has 1 amide bonds. The fraction of sp³-hybridized carbons (Fsp3) is 0.294. The Labute approximate surface area is 153 Å². The van der Waals surface area contributed by atoms with E-state index in [1.54, 1.807) is 12.1 Å². The van der Waals surface area contributed by atoms with Gasteiger partial charge in [-0.25, -0.2) is 4.79 Å². The number of hydrogen-bond acceptors (Lipinski definition) is 7. The molecule has 1 aromatic carbocycles. The lowest BCUT2D eigenvalue weighted by Crippen LogP contribution is -2.31. The summed E-state index contributed by atoms with van der Waals surface area (Å²) in [6.45, 7) is 0.0552. The van der Waals surface area contributed by atoms with E-state index in [0.29, 0.717) is 0 Å². The SMILES string of the molecule is O=C(NCCC(O)C(O)c1cc([N+](=O)[O-])c[nH]c1=O)OCc1ccccc1. The molecule has 2 rings (SSSR count). The fourth-order valence-electron chi connectivity index (χ4n) is 2.28. The zero-order valence-corrected chi connectivity index (χ0v) is 14.2. The number of carbonyl (C=O) groups excluding carboxylic acids is 1. The Balaban J connectivity index is 1.82. The van der Waals surface area contributed by atoms with Gasteiger partial charge < -0.3 is 25.3 Å². The van der Waals surface area contributed by atoms with Crippen LogP contribution < -0.4 is 10.9 Å². The number of nitrogens with zero attached hydrogens (tertiary/aromatic N) is 1. The number of H-pyrrole nitrogens is 1. The van der Waals surface area contributed by atoms with E-state index in [0.717, 1.165) is 17.8 Å². The Bertz CT molecular complexity index is 838. The molecule has 0 aliphatic rings.